The number of rotatable bonds is 0. The van der Waals surface area contributed by atoms with Gasteiger partial charge < -0.3 is 5.73 Å². The number of benzene rings is 2. The maximum atomic E-state index is 5.75. The van der Waals surface area contributed by atoms with Gasteiger partial charge in [-0.05, 0) is 16.8 Å². The van der Waals surface area contributed by atoms with E-state index < -0.39 is 0 Å². The molecule has 0 aliphatic heterocycles. The molecule has 0 spiro atoms. The van der Waals surface area contributed by atoms with Crippen LogP contribution in [0.15, 0.2) is 36.4 Å². The summed E-state index contributed by atoms with van der Waals surface area (Å²) in [5.41, 5.74) is 7.21. The SMILES string of the molecule is C#Cc1c(N)ccc2ccccc12. The van der Waals surface area contributed by atoms with Crippen LogP contribution in [-0.2, 0) is 0 Å². The molecule has 0 saturated heterocycles. The number of fused-ring (bicyclic) bond motifs is 1. The smallest absolute Gasteiger partial charge is 0.0550 e. The maximum Gasteiger partial charge on any atom is 0.0550 e. The summed E-state index contributed by atoms with van der Waals surface area (Å²) in [4.78, 5) is 0. The van der Waals surface area contributed by atoms with Gasteiger partial charge in [0.05, 0.1) is 5.56 Å². The predicted octanol–water partition coefficient (Wildman–Crippen LogP) is 2.40. The predicted molar refractivity (Wildman–Crippen MR) is 56.3 cm³/mol. The van der Waals surface area contributed by atoms with Crippen molar-refractivity contribution < 1.29 is 0 Å². The van der Waals surface area contributed by atoms with Crippen molar-refractivity contribution in [1.82, 2.24) is 0 Å². The van der Waals surface area contributed by atoms with Gasteiger partial charge in [0.25, 0.3) is 0 Å². The minimum absolute atomic E-state index is 0.668. The van der Waals surface area contributed by atoms with Crippen LogP contribution in [0.25, 0.3) is 10.8 Å². The van der Waals surface area contributed by atoms with E-state index in [0.717, 1.165) is 16.3 Å². The Morgan fingerprint density at radius 1 is 1.08 bits per heavy atom. The Kier molecular flexibility index (Phi) is 1.68. The first-order valence-electron chi connectivity index (χ1n) is 4.07. The van der Waals surface area contributed by atoms with Gasteiger partial charge in [0.15, 0.2) is 0 Å². The summed E-state index contributed by atoms with van der Waals surface area (Å²) in [5.74, 6) is 2.61. The van der Waals surface area contributed by atoms with Crippen LogP contribution in [0.2, 0.25) is 0 Å². The first-order chi connectivity index (χ1) is 6.33. The zero-order valence-corrected chi connectivity index (χ0v) is 7.12. The number of terminal acetylenes is 1. The Bertz CT molecular complexity index is 492. The van der Waals surface area contributed by atoms with Crippen molar-refractivity contribution in [1.29, 1.82) is 0 Å². The molecule has 13 heavy (non-hydrogen) atoms. The van der Waals surface area contributed by atoms with E-state index in [0.29, 0.717) is 5.69 Å². The highest BCUT2D eigenvalue weighted by atomic mass is 14.6. The molecular weight excluding hydrogens is 158 g/mol. The van der Waals surface area contributed by atoms with E-state index in [1.165, 1.54) is 0 Å². The molecule has 0 amide bonds. The Hall–Kier alpha value is -1.94. The number of hydrogen-bond donors (Lipinski definition) is 1. The molecule has 0 aliphatic carbocycles. The van der Waals surface area contributed by atoms with Crippen LogP contribution >= 0.6 is 0 Å². The van der Waals surface area contributed by atoms with Crippen LogP contribution in [0.3, 0.4) is 0 Å². The van der Waals surface area contributed by atoms with E-state index in [4.69, 9.17) is 12.2 Å². The first kappa shape index (κ1) is 7.70. The monoisotopic (exact) mass is 167 g/mol. The van der Waals surface area contributed by atoms with E-state index in [1.54, 1.807) is 0 Å². The Morgan fingerprint density at radius 2 is 1.85 bits per heavy atom. The van der Waals surface area contributed by atoms with Crippen molar-refractivity contribution in [3.8, 4) is 12.3 Å². The second kappa shape index (κ2) is 2.84. The molecule has 1 heteroatoms. The van der Waals surface area contributed by atoms with Gasteiger partial charge in [-0.2, -0.15) is 0 Å². The van der Waals surface area contributed by atoms with Crippen molar-refractivity contribution in [3.63, 3.8) is 0 Å². The maximum absolute atomic E-state index is 5.75. The second-order valence-electron chi connectivity index (χ2n) is 2.90. The lowest BCUT2D eigenvalue weighted by atomic mass is 10.0. The third-order valence-electron chi connectivity index (χ3n) is 2.11. The summed E-state index contributed by atoms with van der Waals surface area (Å²) < 4.78 is 0. The fourth-order valence-corrected chi connectivity index (χ4v) is 1.45. The molecule has 2 aromatic rings. The zero-order chi connectivity index (χ0) is 9.26. The molecule has 1 nitrogen and oxygen atoms in total. The summed E-state index contributed by atoms with van der Waals surface area (Å²) in [6, 6.07) is 11.8. The van der Waals surface area contributed by atoms with Crippen LogP contribution in [-0.4, -0.2) is 0 Å². The third-order valence-corrected chi connectivity index (χ3v) is 2.11. The highest BCUT2D eigenvalue weighted by Gasteiger charge is 2.00. The van der Waals surface area contributed by atoms with Crippen LogP contribution < -0.4 is 5.73 Å². The quantitative estimate of drug-likeness (QED) is 0.473. The number of nitrogen functional groups attached to an aromatic ring is 1. The molecule has 62 valence electrons. The average Bonchev–Trinajstić information content (AvgIpc) is 2.18. The number of nitrogens with two attached hydrogens (primary N) is 1. The molecular formula is C12H9N. The molecule has 0 aromatic heterocycles. The van der Waals surface area contributed by atoms with Gasteiger partial charge in [0.1, 0.15) is 0 Å². The van der Waals surface area contributed by atoms with Crippen molar-refractivity contribution in [2.24, 2.45) is 0 Å². The van der Waals surface area contributed by atoms with Gasteiger partial charge in [-0.15, -0.1) is 6.42 Å². The summed E-state index contributed by atoms with van der Waals surface area (Å²) in [6.07, 6.45) is 5.39. The molecule has 2 aromatic carbocycles. The number of anilines is 1. The normalized spacial score (nSPS) is 9.77. The highest BCUT2D eigenvalue weighted by Crippen LogP contribution is 2.22. The summed E-state index contributed by atoms with van der Waals surface area (Å²) in [7, 11) is 0. The number of hydrogen-bond acceptors (Lipinski definition) is 1. The van der Waals surface area contributed by atoms with E-state index in [1.807, 2.05) is 36.4 Å². The van der Waals surface area contributed by atoms with Crippen LogP contribution in [0.4, 0.5) is 5.69 Å². The largest absolute Gasteiger partial charge is 0.398 e. The molecule has 0 saturated carbocycles. The van der Waals surface area contributed by atoms with E-state index in [9.17, 15) is 0 Å². The summed E-state index contributed by atoms with van der Waals surface area (Å²) in [6.45, 7) is 0. The van der Waals surface area contributed by atoms with Gasteiger partial charge in [-0.25, -0.2) is 0 Å². The van der Waals surface area contributed by atoms with Crippen molar-refractivity contribution >= 4 is 16.5 Å². The molecule has 0 heterocycles. The molecule has 0 radical (unpaired) electrons. The third kappa shape index (κ3) is 1.13. The van der Waals surface area contributed by atoms with E-state index in [2.05, 4.69) is 5.92 Å². The Morgan fingerprint density at radius 3 is 2.62 bits per heavy atom. The van der Waals surface area contributed by atoms with Gasteiger partial charge >= 0.3 is 0 Å². The van der Waals surface area contributed by atoms with E-state index >= 15 is 0 Å². The molecule has 0 unspecified atom stereocenters. The minimum atomic E-state index is 0.668. The lowest BCUT2D eigenvalue weighted by Crippen LogP contribution is -1.90. The minimum Gasteiger partial charge on any atom is -0.398 e. The molecule has 0 atom stereocenters. The van der Waals surface area contributed by atoms with Crippen molar-refractivity contribution in [2.45, 2.75) is 0 Å². The lowest BCUT2D eigenvalue weighted by molar-refractivity contribution is 1.68. The Balaban J connectivity index is 2.94. The first-order valence-corrected chi connectivity index (χ1v) is 4.07. The van der Waals surface area contributed by atoms with Gasteiger partial charge in [0.2, 0.25) is 0 Å². The van der Waals surface area contributed by atoms with Gasteiger partial charge in [-0.1, -0.05) is 36.3 Å². The second-order valence-corrected chi connectivity index (χ2v) is 2.90. The molecule has 0 bridgehead atoms. The summed E-state index contributed by atoms with van der Waals surface area (Å²) >= 11 is 0. The molecule has 0 aliphatic rings. The van der Waals surface area contributed by atoms with Crippen molar-refractivity contribution in [3.05, 3.63) is 42.0 Å². The van der Waals surface area contributed by atoms with E-state index in [-0.39, 0.29) is 0 Å². The molecule has 2 rings (SSSR count). The standard InChI is InChI=1S/C12H9N/c1-2-10-11-6-4-3-5-9(11)7-8-12(10)13/h1,3-8H,13H2. The lowest BCUT2D eigenvalue weighted by Gasteiger charge is -2.03. The van der Waals surface area contributed by atoms with Crippen molar-refractivity contribution in [2.75, 3.05) is 5.73 Å². The molecule has 0 fully saturated rings. The van der Waals surface area contributed by atoms with Crippen LogP contribution in [0.5, 0.6) is 0 Å². The highest BCUT2D eigenvalue weighted by molar-refractivity contribution is 5.92. The van der Waals surface area contributed by atoms with Crippen LogP contribution in [0, 0.1) is 12.3 Å². The van der Waals surface area contributed by atoms with Crippen LogP contribution in [0.1, 0.15) is 5.56 Å². The Labute approximate surface area is 77.2 Å². The summed E-state index contributed by atoms with van der Waals surface area (Å²) in [5, 5.41) is 2.18. The molecule has 2 N–H and O–H groups in total. The van der Waals surface area contributed by atoms with Gasteiger partial charge in [-0.3, -0.25) is 0 Å². The van der Waals surface area contributed by atoms with Gasteiger partial charge in [0, 0.05) is 5.69 Å². The fourth-order valence-electron chi connectivity index (χ4n) is 1.45. The average molecular weight is 167 g/mol. The topological polar surface area (TPSA) is 26.0 Å². The zero-order valence-electron chi connectivity index (χ0n) is 7.12. The fraction of sp³-hybridized carbons (Fsp3) is 0.